The maximum absolute atomic E-state index is 13.4. The lowest BCUT2D eigenvalue weighted by Gasteiger charge is -2.07. The van der Waals surface area contributed by atoms with Crippen LogP contribution in [0.2, 0.25) is 0 Å². The zero-order chi connectivity index (χ0) is 12.6. The summed E-state index contributed by atoms with van der Waals surface area (Å²) in [5.41, 5.74) is -1.16. The molecule has 6 heteroatoms. The van der Waals surface area contributed by atoms with Crippen molar-refractivity contribution in [2.75, 3.05) is 0 Å². The molecule has 0 atom stereocenters. The number of carbonyl (C=O) groups excluding carboxylic acids is 1. The predicted molar refractivity (Wildman–Crippen MR) is 53.7 cm³/mol. The Morgan fingerprint density at radius 1 is 1.29 bits per heavy atom. The molecule has 1 heterocycles. The second-order valence-corrected chi connectivity index (χ2v) is 3.48. The molecule has 0 saturated carbocycles. The van der Waals surface area contributed by atoms with Crippen LogP contribution in [-0.4, -0.2) is 17.0 Å². The van der Waals surface area contributed by atoms with Crippen LogP contribution in [0.4, 0.5) is 8.78 Å². The van der Waals surface area contributed by atoms with Crippen LogP contribution < -0.4 is 5.32 Å². The number of carboxylic acids is 1. The van der Waals surface area contributed by atoms with Gasteiger partial charge in [-0.1, -0.05) is 6.07 Å². The predicted octanol–water partition coefficient (Wildman–Crippen LogP) is 1.28. The monoisotopic (exact) mass is 239 g/mol. The number of hydrogen-bond donors (Lipinski definition) is 2. The minimum Gasteiger partial charge on any atom is -0.478 e. The third-order valence-electron chi connectivity index (χ3n) is 2.37. The summed E-state index contributed by atoms with van der Waals surface area (Å²) in [5.74, 6) is -3.80. The molecule has 1 aromatic rings. The fraction of sp³-hybridized carbons (Fsp3) is 0.0909. The van der Waals surface area contributed by atoms with E-state index in [0.29, 0.717) is 0 Å². The summed E-state index contributed by atoms with van der Waals surface area (Å²) >= 11 is 0. The van der Waals surface area contributed by atoms with Gasteiger partial charge in [-0.25, -0.2) is 13.6 Å². The van der Waals surface area contributed by atoms with E-state index in [4.69, 9.17) is 5.11 Å². The quantitative estimate of drug-likeness (QED) is 0.817. The molecule has 17 heavy (non-hydrogen) atoms. The summed E-state index contributed by atoms with van der Waals surface area (Å²) in [6, 6.07) is 3.15. The number of aliphatic carboxylic acids is 1. The minimum absolute atomic E-state index is 0.307. The first-order chi connectivity index (χ1) is 8.00. The fourth-order valence-electron chi connectivity index (χ4n) is 1.64. The molecule has 0 aromatic heterocycles. The van der Waals surface area contributed by atoms with E-state index in [2.05, 4.69) is 5.32 Å². The SMILES string of the molecule is O=C1CC(C(=O)O)=C(c2c(F)cccc2F)N1. The molecule has 1 aliphatic rings. The first kappa shape index (κ1) is 11.3. The van der Waals surface area contributed by atoms with Gasteiger partial charge in [0.15, 0.2) is 0 Å². The molecule has 1 amide bonds. The second-order valence-electron chi connectivity index (χ2n) is 3.48. The number of carbonyl (C=O) groups is 2. The lowest BCUT2D eigenvalue weighted by atomic mass is 10.1. The van der Waals surface area contributed by atoms with Gasteiger partial charge in [-0.2, -0.15) is 0 Å². The molecule has 1 aliphatic heterocycles. The van der Waals surface area contributed by atoms with E-state index in [1.54, 1.807) is 0 Å². The Morgan fingerprint density at radius 3 is 2.41 bits per heavy atom. The number of amides is 1. The van der Waals surface area contributed by atoms with Gasteiger partial charge in [0.2, 0.25) is 5.91 Å². The first-order valence-corrected chi connectivity index (χ1v) is 4.71. The molecular formula is C11H7F2NO3. The van der Waals surface area contributed by atoms with Crippen molar-refractivity contribution in [3.05, 3.63) is 41.0 Å². The normalized spacial score (nSPS) is 15.1. The van der Waals surface area contributed by atoms with Crippen LogP contribution in [0.5, 0.6) is 0 Å². The van der Waals surface area contributed by atoms with Crippen molar-refractivity contribution in [1.29, 1.82) is 0 Å². The first-order valence-electron chi connectivity index (χ1n) is 4.71. The zero-order valence-electron chi connectivity index (χ0n) is 8.46. The molecule has 0 aliphatic carbocycles. The minimum atomic E-state index is -1.37. The van der Waals surface area contributed by atoms with Gasteiger partial charge in [-0.3, -0.25) is 4.79 Å². The third kappa shape index (κ3) is 1.89. The van der Waals surface area contributed by atoms with Gasteiger partial charge < -0.3 is 10.4 Å². The maximum Gasteiger partial charge on any atom is 0.334 e. The van der Waals surface area contributed by atoms with Gasteiger partial charge in [0.25, 0.3) is 0 Å². The Kier molecular flexibility index (Phi) is 2.63. The van der Waals surface area contributed by atoms with Crippen LogP contribution in [0, 0.1) is 11.6 Å². The van der Waals surface area contributed by atoms with Crippen LogP contribution in [-0.2, 0) is 9.59 Å². The van der Waals surface area contributed by atoms with Crippen molar-refractivity contribution in [3.63, 3.8) is 0 Å². The van der Waals surface area contributed by atoms with Crippen molar-refractivity contribution < 1.29 is 23.5 Å². The molecule has 0 unspecified atom stereocenters. The van der Waals surface area contributed by atoms with Gasteiger partial charge in [0.1, 0.15) is 11.6 Å². The van der Waals surface area contributed by atoms with Crippen LogP contribution >= 0.6 is 0 Å². The second kappa shape index (κ2) is 3.97. The van der Waals surface area contributed by atoms with E-state index in [-0.39, 0.29) is 11.3 Å². The van der Waals surface area contributed by atoms with E-state index in [0.717, 1.165) is 18.2 Å². The highest BCUT2D eigenvalue weighted by atomic mass is 19.1. The Bertz CT molecular complexity index is 531. The Hall–Kier alpha value is -2.24. The molecule has 2 N–H and O–H groups in total. The summed E-state index contributed by atoms with van der Waals surface area (Å²) < 4.78 is 26.9. The summed E-state index contributed by atoms with van der Waals surface area (Å²) in [6.07, 6.45) is -0.390. The van der Waals surface area contributed by atoms with Crippen molar-refractivity contribution in [1.82, 2.24) is 5.32 Å². The highest BCUT2D eigenvalue weighted by Gasteiger charge is 2.30. The number of benzene rings is 1. The van der Waals surface area contributed by atoms with E-state index in [1.165, 1.54) is 0 Å². The summed E-state index contributed by atoms with van der Waals surface area (Å²) in [6.45, 7) is 0. The van der Waals surface area contributed by atoms with Gasteiger partial charge in [0, 0.05) is 0 Å². The maximum atomic E-state index is 13.4. The van der Waals surface area contributed by atoms with Crippen LogP contribution in [0.3, 0.4) is 0 Å². The highest BCUT2D eigenvalue weighted by Crippen LogP contribution is 2.28. The topological polar surface area (TPSA) is 66.4 Å². The fourth-order valence-corrected chi connectivity index (χ4v) is 1.64. The van der Waals surface area contributed by atoms with E-state index < -0.39 is 35.5 Å². The number of hydrogen-bond acceptors (Lipinski definition) is 2. The molecule has 2 rings (SSSR count). The molecule has 0 radical (unpaired) electrons. The van der Waals surface area contributed by atoms with Crippen molar-refractivity contribution in [2.24, 2.45) is 0 Å². The largest absolute Gasteiger partial charge is 0.478 e. The molecule has 0 saturated heterocycles. The Balaban J connectivity index is 2.63. The number of carboxylic acid groups (broad SMARTS) is 1. The van der Waals surface area contributed by atoms with Crippen LogP contribution in [0.15, 0.2) is 23.8 Å². The van der Waals surface area contributed by atoms with Gasteiger partial charge in [-0.15, -0.1) is 0 Å². The van der Waals surface area contributed by atoms with Crippen LogP contribution in [0.1, 0.15) is 12.0 Å². The third-order valence-corrected chi connectivity index (χ3v) is 2.37. The lowest BCUT2D eigenvalue weighted by molar-refractivity contribution is -0.133. The molecular weight excluding hydrogens is 232 g/mol. The Labute approximate surface area is 94.6 Å². The van der Waals surface area contributed by atoms with Gasteiger partial charge >= 0.3 is 5.97 Å². The molecule has 88 valence electrons. The van der Waals surface area contributed by atoms with E-state index >= 15 is 0 Å². The van der Waals surface area contributed by atoms with Crippen molar-refractivity contribution in [2.45, 2.75) is 6.42 Å². The molecule has 1 aromatic carbocycles. The van der Waals surface area contributed by atoms with Crippen molar-refractivity contribution in [3.8, 4) is 0 Å². The molecule has 0 fully saturated rings. The van der Waals surface area contributed by atoms with E-state index in [9.17, 15) is 18.4 Å². The number of nitrogens with one attached hydrogen (secondary N) is 1. The average Bonchev–Trinajstić information content (AvgIpc) is 2.60. The smallest absolute Gasteiger partial charge is 0.334 e. The summed E-state index contributed by atoms with van der Waals surface area (Å²) in [5, 5.41) is 11.0. The summed E-state index contributed by atoms with van der Waals surface area (Å²) in [7, 11) is 0. The summed E-state index contributed by atoms with van der Waals surface area (Å²) in [4.78, 5) is 22.0. The molecule has 0 bridgehead atoms. The lowest BCUT2D eigenvalue weighted by Crippen LogP contribution is -2.15. The molecule has 0 spiro atoms. The number of halogens is 2. The average molecular weight is 239 g/mol. The highest BCUT2D eigenvalue weighted by molar-refractivity contribution is 6.08. The van der Waals surface area contributed by atoms with Gasteiger partial charge in [-0.05, 0) is 12.1 Å². The van der Waals surface area contributed by atoms with Gasteiger partial charge in [0.05, 0.1) is 23.3 Å². The standard InChI is InChI=1S/C11H7F2NO3/c12-6-2-1-3-7(13)9(6)10-5(11(16)17)4-8(15)14-10/h1-3H,4H2,(H,14,15)(H,16,17). The van der Waals surface area contributed by atoms with Crippen molar-refractivity contribution >= 4 is 17.6 Å². The number of rotatable bonds is 2. The van der Waals surface area contributed by atoms with E-state index in [1.807, 2.05) is 0 Å². The zero-order valence-corrected chi connectivity index (χ0v) is 8.46. The molecule has 4 nitrogen and oxygen atoms in total. The Morgan fingerprint density at radius 2 is 1.88 bits per heavy atom. The van der Waals surface area contributed by atoms with Crippen LogP contribution in [0.25, 0.3) is 5.70 Å².